The molecule has 0 aliphatic heterocycles. The minimum atomic E-state index is -4.34. The predicted molar refractivity (Wildman–Crippen MR) is 55.9 cm³/mol. The summed E-state index contributed by atoms with van der Waals surface area (Å²) in [6.07, 6.45) is -3.69. The molecule has 0 unspecified atom stereocenters. The first-order valence-corrected chi connectivity index (χ1v) is 5.04. The van der Waals surface area contributed by atoms with Crippen LogP contribution in [-0.4, -0.2) is 11.7 Å². The number of benzene rings is 1. The van der Waals surface area contributed by atoms with Gasteiger partial charge in [0.15, 0.2) is 0 Å². The molecule has 0 atom stereocenters. The maximum absolute atomic E-state index is 12.5. The minimum absolute atomic E-state index is 0.228. The van der Waals surface area contributed by atoms with Crippen LogP contribution in [0.4, 0.5) is 13.2 Å². The number of hydrogen-bond acceptors (Lipinski definition) is 1. The highest BCUT2D eigenvalue weighted by molar-refractivity contribution is 5.41. The Labute approximate surface area is 92.9 Å². The fourth-order valence-corrected chi connectivity index (χ4v) is 1.54. The van der Waals surface area contributed by atoms with Crippen molar-refractivity contribution in [2.75, 3.05) is 6.61 Å². The highest BCUT2D eigenvalue weighted by atomic mass is 19.4. The van der Waals surface area contributed by atoms with Gasteiger partial charge in [0.05, 0.1) is 12.2 Å². The van der Waals surface area contributed by atoms with Crippen molar-refractivity contribution in [3.05, 3.63) is 40.8 Å². The Bertz CT molecular complexity index is 358. The van der Waals surface area contributed by atoms with E-state index in [2.05, 4.69) is 0 Å². The number of halogens is 3. The molecule has 16 heavy (non-hydrogen) atoms. The molecule has 0 bridgehead atoms. The van der Waals surface area contributed by atoms with E-state index in [0.29, 0.717) is 17.9 Å². The van der Waals surface area contributed by atoms with Gasteiger partial charge in [-0.1, -0.05) is 19.9 Å². The fraction of sp³-hybridized carbons (Fsp3) is 0.417. The van der Waals surface area contributed by atoms with Gasteiger partial charge in [-0.25, -0.2) is 0 Å². The Morgan fingerprint density at radius 2 is 1.94 bits per heavy atom. The molecule has 1 aromatic rings. The van der Waals surface area contributed by atoms with Crippen LogP contribution >= 0.6 is 0 Å². The molecule has 0 fully saturated rings. The third kappa shape index (κ3) is 2.76. The van der Waals surface area contributed by atoms with Crippen LogP contribution in [0.1, 0.15) is 30.5 Å². The molecule has 0 heterocycles. The van der Waals surface area contributed by atoms with Crippen LogP contribution in [0.5, 0.6) is 0 Å². The molecule has 0 amide bonds. The summed E-state index contributed by atoms with van der Waals surface area (Å²) in [5.74, 6) is 0.558. The van der Waals surface area contributed by atoms with Crippen molar-refractivity contribution in [3.8, 4) is 0 Å². The van der Waals surface area contributed by atoms with Crippen LogP contribution in [0, 0.1) is 5.92 Å². The standard InChI is InChI=1S/C12H14F3O/c1-3-9-4-5-10(12(13,14)15)6-11(9)8(2)7-16/h4-6,16H,3,7H2,1-2H3. The van der Waals surface area contributed by atoms with Gasteiger partial charge in [0.25, 0.3) is 0 Å². The number of aliphatic hydroxyl groups excluding tert-OH is 1. The van der Waals surface area contributed by atoms with Crippen LogP contribution in [0.15, 0.2) is 18.2 Å². The highest BCUT2D eigenvalue weighted by Gasteiger charge is 2.31. The zero-order valence-electron chi connectivity index (χ0n) is 9.23. The smallest absolute Gasteiger partial charge is 0.395 e. The van der Waals surface area contributed by atoms with Crippen LogP contribution in [0.2, 0.25) is 0 Å². The first kappa shape index (κ1) is 13.0. The molecule has 0 aliphatic rings. The fourth-order valence-electron chi connectivity index (χ4n) is 1.54. The summed E-state index contributed by atoms with van der Waals surface area (Å²) < 4.78 is 37.5. The molecule has 0 aliphatic carbocycles. The molecule has 0 saturated heterocycles. The average Bonchev–Trinajstić information content (AvgIpc) is 2.25. The second-order valence-corrected chi connectivity index (χ2v) is 3.66. The van der Waals surface area contributed by atoms with E-state index in [1.54, 1.807) is 6.92 Å². The lowest BCUT2D eigenvalue weighted by atomic mass is 9.93. The topological polar surface area (TPSA) is 20.2 Å². The van der Waals surface area contributed by atoms with E-state index in [1.165, 1.54) is 6.07 Å². The Morgan fingerprint density at radius 3 is 2.38 bits per heavy atom. The summed E-state index contributed by atoms with van der Waals surface area (Å²) in [5.41, 5.74) is 0.645. The number of rotatable bonds is 3. The van der Waals surface area contributed by atoms with Gasteiger partial charge in [-0.2, -0.15) is 13.2 Å². The molecular weight excluding hydrogens is 217 g/mol. The largest absolute Gasteiger partial charge is 0.416 e. The zero-order chi connectivity index (χ0) is 12.3. The van der Waals surface area contributed by atoms with Crippen molar-refractivity contribution in [3.63, 3.8) is 0 Å². The monoisotopic (exact) mass is 231 g/mol. The normalized spacial score (nSPS) is 12.2. The van der Waals surface area contributed by atoms with Gasteiger partial charge >= 0.3 is 6.18 Å². The van der Waals surface area contributed by atoms with Gasteiger partial charge < -0.3 is 5.11 Å². The number of aliphatic hydroxyl groups is 1. The summed E-state index contributed by atoms with van der Waals surface area (Å²) >= 11 is 0. The van der Waals surface area contributed by atoms with Crippen LogP contribution < -0.4 is 0 Å². The van der Waals surface area contributed by atoms with E-state index in [4.69, 9.17) is 5.11 Å². The second-order valence-electron chi connectivity index (χ2n) is 3.66. The maximum Gasteiger partial charge on any atom is 0.416 e. The SMILES string of the molecule is CCc1ccc(C(F)(F)F)cc1[C](C)CO. The van der Waals surface area contributed by atoms with Gasteiger partial charge in [0.2, 0.25) is 0 Å². The highest BCUT2D eigenvalue weighted by Crippen LogP contribution is 2.32. The third-order valence-electron chi connectivity index (χ3n) is 2.52. The molecule has 1 rings (SSSR count). The predicted octanol–water partition coefficient (Wildman–Crippen LogP) is 3.20. The van der Waals surface area contributed by atoms with Crippen molar-refractivity contribution in [1.82, 2.24) is 0 Å². The van der Waals surface area contributed by atoms with Crippen molar-refractivity contribution in [2.45, 2.75) is 26.4 Å². The average molecular weight is 231 g/mol. The van der Waals surface area contributed by atoms with Crippen LogP contribution in [-0.2, 0) is 12.6 Å². The van der Waals surface area contributed by atoms with Crippen molar-refractivity contribution < 1.29 is 18.3 Å². The van der Waals surface area contributed by atoms with E-state index < -0.39 is 11.7 Å². The lowest BCUT2D eigenvalue weighted by Crippen LogP contribution is -2.10. The molecule has 1 radical (unpaired) electrons. The summed E-state index contributed by atoms with van der Waals surface area (Å²) in [4.78, 5) is 0. The third-order valence-corrected chi connectivity index (χ3v) is 2.52. The van der Waals surface area contributed by atoms with E-state index >= 15 is 0 Å². The number of aryl methyl sites for hydroxylation is 1. The maximum atomic E-state index is 12.5. The van der Waals surface area contributed by atoms with Crippen LogP contribution in [0.25, 0.3) is 0 Å². The molecule has 0 aromatic heterocycles. The summed E-state index contributed by atoms with van der Waals surface area (Å²) in [5, 5.41) is 8.98. The van der Waals surface area contributed by atoms with Crippen molar-refractivity contribution in [1.29, 1.82) is 0 Å². The first-order chi connectivity index (χ1) is 7.40. The molecule has 1 nitrogen and oxygen atoms in total. The van der Waals surface area contributed by atoms with Gasteiger partial charge in [-0.3, -0.25) is 0 Å². The Morgan fingerprint density at radius 1 is 1.31 bits per heavy atom. The minimum Gasteiger partial charge on any atom is -0.395 e. The van der Waals surface area contributed by atoms with E-state index in [9.17, 15) is 13.2 Å². The summed E-state index contributed by atoms with van der Waals surface area (Å²) in [6.45, 7) is 3.28. The molecule has 1 aromatic carbocycles. The Balaban J connectivity index is 3.21. The summed E-state index contributed by atoms with van der Waals surface area (Å²) in [7, 11) is 0. The molecule has 89 valence electrons. The van der Waals surface area contributed by atoms with Gasteiger partial charge in [0, 0.05) is 5.92 Å². The zero-order valence-corrected chi connectivity index (χ0v) is 9.23. The molecular formula is C12H14F3O. The van der Waals surface area contributed by atoms with Crippen LogP contribution in [0.3, 0.4) is 0 Å². The number of alkyl halides is 3. The molecule has 1 N–H and O–H groups in total. The molecule has 0 saturated carbocycles. The van der Waals surface area contributed by atoms with E-state index in [-0.39, 0.29) is 6.61 Å². The molecule has 0 spiro atoms. The van der Waals surface area contributed by atoms with Crippen molar-refractivity contribution in [2.24, 2.45) is 0 Å². The molecule has 4 heteroatoms. The lowest BCUT2D eigenvalue weighted by Gasteiger charge is -2.16. The lowest BCUT2D eigenvalue weighted by molar-refractivity contribution is -0.137. The Kier molecular flexibility index (Phi) is 3.97. The quantitative estimate of drug-likeness (QED) is 0.846. The summed E-state index contributed by atoms with van der Waals surface area (Å²) in [6, 6.07) is 3.65. The van der Waals surface area contributed by atoms with E-state index in [0.717, 1.165) is 17.7 Å². The Hall–Kier alpha value is -1.03. The number of hydrogen-bond donors (Lipinski definition) is 1. The van der Waals surface area contributed by atoms with Gasteiger partial charge in [0.1, 0.15) is 0 Å². The van der Waals surface area contributed by atoms with Gasteiger partial charge in [-0.15, -0.1) is 0 Å². The first-order valence-electron chi connectivity index (χ1n) is 5.04. The van der Waals surface area contributed by atoms with Crippen molar-refractivity contribution >= 4 is 0 Å². The van der Waals surface area contributed by atoms with Gasteiger partial charge in [-0.05, 0) is 29.7 Å². The second kappa shape index (κ2) is 4.87. The van der Waals surface area contributed by atoms with E-state index in [1.807, 2.05) is 6.92 Å².